The fourth-order valence-electron chi connectivity index (χ4n) is 2.99. The molecule has 0 N–H and O–H groups in total. The summed E-state index contributed by atoms with van der Waals surface area (Å²) in [5.41, 5.74) is 2.23. The molecule has 0 saturated heterocycles. The van der Waals surface area contributed by atoms with E-state index in [-0.39, 0.29) is 0 Å². The topological polar surface area (TPSA) is 38.5 Å². The Morgan fingerprint density at radius 3 is 2.70 bits per heavy atom. The van der Waals surface area contributed by atoms with Crippen molar-refractivity contribution < 1.29 is 9.15 Å². The molecule has 0 amide bonds. The summed E-state index contributed by atoms with van der Waals surface area (Å²) in [6.45, 7) is 2.45. The number of furan rings is 1. The van der Waals surface area contributed by atoms with Gasteiger partial charge in [-0.3, -0.25) is 4.90 Å². The average Bonchev–Trinajstić information content (AvgIpc) is 3.44. The molecule has 0 aliphatic rings. The van der Waals surface area contributed by atoms with Crippen molar-refractivity contribution >= 4 is 22.7 Å². The second-order valence-corrected chi connectivity index (χ2v) is 8.05. The predicted octanol–water partition coefficient (Wildman–Crippen LogP) is 5.68. The molecule has 0 radical (unpaired) electrons. The van der Waals surface area contributed by atoms with Crippen LogP contribution in [0.15, 0.2) is 70.0 Å². The summed E-state index contributed by atoms with van der Waals surface area (Å²) in [6, 6.07) is 16.3. The number of methoxy groups -OCH3 is 1. The first-order valence-corrected chi connectivity index (χ1v) is 10.4. The summed E-state index contributed by atoms with van der Waals surface area (Å²) < 4.78 is 11.0. The fraction of sp³-hybridized carbons (Fsp3) is 0.190. The molecule has 0 bridgehead atoms. The van der Waals surface area contributed by atoms with E-state index in [4.69, 9.17) is 14.1 Å². The second-order valence-electron chi connectivity index (χ2n) is 6.16. The van der Waals surface area contributed by atoms with Crippen molar-refractivity contribution in [3.8, 4) is 16.5 Å². The number of thiophene rings is 1. The maximum atomic E-state index is 5.53. The van der Waals surface area contributed by atoms with E-state index in [9.17, 15) is 0 Å². The Morgan fingerprint density at radius 1 is 1.00 bits per heavy atom. The molecule has 27 heavy (non-hydrogen) atoms. The Labute approximate surface area is 166 Å². The van der Waals surface area contributed by atoms with Crippen molar-refractivity contribution in [1.29, 1.82) is 0 Å². The van der Waals surface area contributed by atoms with Gasteiger partial charge >= 0.3 is 0 Å². The maximum Gasteiger partial charge on any atom is 0.162 e. The first kappa shape index (κ1) is 18.0. The Kier molecular flexibility index (Phi) is 5.67. The van der Waals surface area contributed by atoms with Crippen LogP contribution >= 0.6 is 22.7 Å². The SMILES string of the molecule is COc1ccccc1CN(Cc1csc(-c2ccco2)n1)Cc1cccs1. The smallest absolute Gasteiger partial charge is 0.162 e. The van der Waals surface area contributed by atoms with Crippen LogP contribution in [0.3, 0.4) is 0 Å². The van der Waals surface area contributed by atoms with Crippen molar-refractivity contribution in [2.24, 2.45) is 0 Å². The highest BCUT2D eigenvalue weighted by molar-refractivity contribution is 7.13. The zero-order chi connectivity index (χ0) is 18.5. The molecule has 0 aliphatic carbocycles. The normalized spacial score (nSPS) is 11.2. The first-order chi connectivity index (χ1) is 13.3. The summed E-state index contributed by atoms with van der Waals surface area (Å²) in [4.78, 5) is 8.49. The van der Waals surface area contributed by atoms with Crippen molar-refractivity contribution in [1.82, 2.24) is 9.88 Å². The minimum atomic E-state index is 0.771. The van der Waals surface area contributed by atoms with Crippen molar-refractivity contribution in [3.05, 3.63) is 81.7 Å². The number of para-hydroxylation sites is 1. The molecule has 6 heteroatoms. The number of rotatable bonds is 8. The van der Waals surface area contributed by atoms with Crippen molar-refractivity contribution in [2.45, 2.75) is 19.6 Å². The molecule has 3 aromatic heterocycles. The molecule has 1 aromatic carbocycles. The van der Waals surface area contributed by atoms with Gasteiger partial charge in [-0.05, 0) is 29.6 Å². The van der Waals surface area contributed by atoms with Crippen LogP contribution in [-0.2, 0) is 19.6 Å². The maximum absolute atomic E-state index is 5.53. The molecule has 3 heterocycles. The third kappa shape index (κ3) is 4.47. The van der Waals surface area contributed by atoms with Gasteiger partial charge in [-0.1, -0.05) is 24.3 Å². The zero-order valence-corrected chi connectivity index (χ0v) is 16.6. The van der Waals surface area contributed by atoms with Gasteiger partial charge in [0.1, 0.15) is 5.75 Å². The first-order valence-electron chi connectivity index (χ1n) is 8.67. The largest absolute Gasteiger partial charge is 0.496 e. The zero-order valence-electron chi connectivity index (χ0n) is 15.0. The Hall–Kier alpha value is -2.41. The number of aromatic nitrogens is 1. The minimum Gasteiger partial charge on any atom is -0.496 e. The quantitative estimate of drug-likeness (QED) is 0.384. The summed E-state index contributed by atoms with van der Waals surface area (Å²) in [5, 5.41) is 5.15. The van der Waals surface area contributed by atoms with E-state index >= 15 is 0 Å². The van der Waals surface area contributed by atoms with Gasteiger partial charge in [0.05, 0.1) is 19.1 Å². The van der Waals surface area contributed by atoms with E-state index in [0.717, 1.165) is 41.8 Å². The number of hydrogen-bond donors (Lipinski definition) is 0. The van der Waals surface area contributed by atoms with Gasteiger partial charge in [-0.15, -0.1) is 22.7 Å². The molecular formula is C21H20N2O2S2. The molecule has 0 spiro atoms. The summed E-state index contributed by atoms with van der Waals surface area (Å²) in [5.74, 6) is 1.74. The van der Waals surface area contributed by atoms with E-state index in [0.29, 0.717) is 0 Å². The van der Waals surface area contributed by atoms with E-state index in [1.54, 1.807) is 36.0 Å². The highest BCUT2D eigenvalue weighted by atomic mass is 32.1. The molecule has 4 rings (SSSR count). The van der Waals surface area contributed by atoms with E-state index < -0.39 is 0 Å². The van der Waals surface area contributed by atoms with Crippen molar-refractivity contribution in [2.75, 3.05) is 7.11 Å². The van der Waals surface area contributed by atoms with Gasteiger partial charge in [-0.25, -0.2) is 4.98 Å². The molecule has 4 nitrogen and oxygen atoms in total. The lowest BCUT2D eigenvalue weighted by atomic mass is 10.2. The monoisotopic (exact) mass is 396 g/mol. The lowest BCUT2D eigenvalue weighted by molar-refractivity contribution is 0.243. The molecular weight excluding hydrogens is 376 g/mol. The third-order valence-corrected chi connectivity index (χ3v) is 5.98. The molecule has 0 unspecified atom stereocenters. The number of hydrogen-bond acceptors (Lipinski definition) is 6. The van der Waals surface area contributed by atoms with Gasteiger partial charge in [0.25, 0.3) is 0 Å². The summed E-state index contributed by atoms with van der Waals surface area (Å²) in [6.07, 6.45) is 1.68. The number of nitrogens with zero attached hydrogens (tertiary/aromatic N) is 2. The van der Waals surface area contributed by atoms with Gasteiger partial charge in [0.2, 0.25) is 0 Å². The lowest BCUT2D eigenvalue weighted by Gasteiger charge is -2.22. The van der Waals surface area contributed by atoms with Crippen LogP contribution in [0.5, 0.6) is 5.75 Å². The molecule has 4 aromatic rings. The van der Waals surface area contributed by atoms with E-state index in [1.807, 2.05) is 24.3 Å². The van der Waals surface area contributed by atoms with Crippen LogP contribution in [0, 0.1) is 0 Å². The fourth-order valence-corrected chi connectivity index (χ4v) is 4.51. The van der Waals surface area contributed by atoms with Crippen LogP contribution < -0.4 is 4.74 Å². The highest BCUT2D eigenvalue weighted by Gasteiger charge is 2.14. The molecule has 0 aliphatic heterocycles. The van der Waals surface area contributed by atoms with Gasteiger partial charge in [0, 0.05) is 35.5 Å². The number of benzene rings is 1. The molecule has 0 atom stereocenters. The van der Waals surface area contributed by atoms with Crippen LogP contribution in [0.1, 0.15) is 16.1 Å². The summed E-state index contributed by atoms with van der Waals surface area (Å²) >= 11 is 3.40. The molecule has 0 saturated carbocycles. The van der Waals surface area contributed by atoms with Crippen LogP contribution in [-0.4, -0.2) is 17.0 Å². The summed E-state index contributed by atoms with van der Waals surface area (Å²) in [7, 11) is 1.72. The highest BCUT2D eigenvalue weighted by Crippen LogP contribution is 2.26. The number of ether oxygens (including phenoxy) is 1. The Morgan fingerprint density at radius 2 is 1.93 bits per heavy atom. The second kappa shape index (κ2) is 8.52. The van der Waals surface area contributed by atoms with Gasteiger partial charge in [-0.2, -0.15) is 0 Å². The molecule has 0 fully saturated rings. The average molecular weight is 397 g/mol. The van der Waals surface area contributed by atoms with Gasteiger partial charge in [0.15, 0.2) is 10.8 Å². The standard InChI is InChI=1S/C21H20N2O2S2/c1-24-19-8-3-2-6-16(19)12-23(14-18-7-5-11-26-18)13-17-15-27-21(22-17)20-9-4-10-25-20/h2-11,15H,12-14H2,1H3. The van der Waals surface area contributed by atoms with Crippen LogP contribution in [0.4, 0.5) is 0 Å². The van der Waals surface area contributed by atoms with Crippen molar-refractivity contribution in [3.63, 3.8) is 0 Å². The van der Waals surface area contributed by atoms with Gasteiger partial charge < -0.3 is 9.15 Å². The van der Waals surface area contributed by atoms with E-state index in [2.05, 4.69) is 39.9 Å². The van der Waals surface area contributed by atoms with E-state index in [1.165, 1.54) is 10.4 Å². The number of thiazole rings is 1. The Bertz CT molecular complexity index is 962. The lowest BCUT2D eigenvalue weighted by Crippen LogP contribution is -2.22. The van der Waals surface area contributed by atoms with Crippen LogP contribution in [0.2, 0.25) is 0 Å². The Balaban J connectivity index is 1.54. The minimum absolute atomic E-state index is 0.771. The third-order valence-electron chi connectivity index (χ3n) is 4.22. The van der Waals surface area contributed by atoms with Crippen LogP contribution in [0.25, 0.3) is 10.8 Å². The molecule has 138 valence electrons. The predicted molar refractivity (Wildman–Crippen MR) is 110 cm³/mol.